The van der Waals surface area contributed by atoms with Crippen molar-refractivity contribution in [3.63, 3.8) is 0 Å². The minimum atomic E-state index is -0.299. The van der Waals surface area contributed by atoms with Gasteiger partial charge in [-0.3, -0.25) is 4.79 Å². The smallest absolute Gasteiger partial charge is 0.311 e. The number of para-hydroxylation sites is 3. The number of hydrogen-bond acceptors (Lipinski definition) is 4. The molecule has 0 atom stereocenters. The van der Waals surface area contributed by atoms with Crippen LogP contribution in [0.25, 0.3) is 5.69 Å². The Labute approximate surface area is 140 Å². The topological polar surface area (TPSA) is 53.4 Å². The fourth-order valence-electron chi connectivity index (χ4n) is 2.33. The zero-order valence-corrected chi connectivity index (χ0v) is 13.4. The third-order valence-corrected chi connectivity index (χ3v) is 3.57. The lowest BCUT2D eigenvalue weighted by Gasteiger charge is -2.08. The highest BCUT2D eigenvalue weighted by Gasteiger charge is 2.10. The molecule has 5 heteroatoms. The molecule has 0 aliphatic carbocycles. The summed E-state index contributed by atoms with van der Waals surface area (Å²) in [7, 11) is 1.55. The van der Waals surface area contributed by atoms with Crippen molar-refractivity contribution in [2.45, 2.75) is 12.8 Å². The third-order valence-electron chi connectivity index (χ3n) is 3.57. The molecule has 0 aliphatic rings. The normalized spacial score (nSPS) is 10.4. The van der Waals surface area contributed by atoms with E-state index in [4.69, 9.17) is 9.47 Å². The van der Waals surface area contributed by atoms with E-state index in [1.54, 1.807) is 36.2 Å². The Balaban J connectivity index is 1.58. The lowest BCUT2D eigenvalue weighted by atomic mass is 10.2. The van der Waals surface area contributed by atoms with E-state index in [0.29, 0.717) is 17.9 Å². The van der Waals surface area contributed by atoms with E-state index in [2.05, 4.69) is 5.10 Å². The van der Waals surface area contributed by atoms with E-state index in [1.807, 2.05) is 42.6 Å². The molecule has 5 nitrogen and oxygen atoms in total. The summed E-state index contributed by atoms with van der Waals surface area (Å²) >= 11 is 0. The van der Waals surface area contributed by atoms with Gasteiger partial charge in [0, 0.05) is 6.20 Å². The highest BCUT2D eigenvalue weighted by atomic mass is 16.6. The summed E-state index contributed by atoms with van der Waals surface area (Å²) in [5.74, 6) is 0.680. The van der Waals surface area contributed by atoms with Gasteiger partial charge in [0.1, 0.15) is 0 Å². The zero-order chi connectivity index (χ0) is 16.8. The van der Waals surface area contributed by atoms with E-state index >= 15 is 0 Å². The number of benzene rings is 2. The van der Waals surface area contributed by atoms with Crippen LogP contribution in [0, 0.1) is 0 Å². The number of nitrogens with zero attached hydrogens (tertiary/aromatic N) is 2. The predicted molar refractivity (Wildman–Crippen MR) is 90.5 cm³/mol. The molecule has 0 amide bonds. The number of hydrogen-bond donors (Lipinski definition) is 0. The number of ether oxygens (including phenoxy) is 2. The Bertz CT molecular complexity index is 812. The van der Waals surface area contributed by atoms with E-state index in [1.165, 1.54) is 0 Å². The molecular formula is C19H18N2O3. The number of methoxy groups -OCH3 is 1. The molecular weight excluding hydrogens is 304 g/mol. The van der Waals surface area contributed by atoms with Gasteiger partial charge in [-0.25, -0.2) is 4.68 Å². The molecule has 3 aromatic rings. The largest absolute Gasteiger partial charge is 0.493 e. The van der Waals surface area contributed by atoms with Gasteiger partial charge in [0.2, 0.25) is 0 Å². The molecule has 1 aromatic heterocycles. The second-order valence-corrected chi connectivity index (χ2v) is 5.25. The molecule has 0 bridgehead atoms. The predicted octanol–water partition coefficient (Wildman–Crippen LogP) is 3.42. The Morgan fingerprint density at radius 1 is 1.04 bits per heavy atom. The Hall–Kier alpha value is -3.08. The molecule has 0 radical (unpaired) electrons. The molecule has 0 fully saturated rings. The van der Waals surface area contributed by atoms with Crippen LogP contribution >= 0.6 is 0 Å². The van der Waals surface area contributed by atoms with Crippen LogP contribution in [0.1, 0.15) is 12.0 Å². The Morgan fingerprint density at radius 2 is 1.75 bits per heavy atom. The third kappa shape index (κ3) is 3.81. The molecule has 3 rings (SSSR count). The second kappa shape index (κ2) is 7.46. The van der Waals surface area contributed by atoms with Gasteiger partial charge in [0.25, 0.3) is 0 Å². The van der Waals surface area contributed by atoms with Crippen molar-refractivity contribution in [2.75, 3.05) is 7.11 Å². The van der Waals surface area contributed by atoms with Crippen molar-refractivity contribution in [1.29, 1.82) is 0 Å². The van der Waals surface area contributed by atoms with E-state index < -0.39 is 0 Å². The van der Waals surface area contributed by atoms with Gasteiger partial charge in [0.05, 0.1) is 25.4 Å². The van der Waals surface area contributed by atoms with Crippen molar-refractivity contribution in [2.24, 2.45) is 0 Å². The van der Waals surface area contributed by atoms with Crippen molar-refractivity contribution in [3.05, 3.63) is 72.6 Å². The molecule has 2 aromatic carbocycles. The monoisotopic (exact) mass is 322 g/mol. The van der Waals surface area contributed by atoms with Crippen LogP contribution in [0.5, 0.6) is 11.5 Å². The summed E-state index contributed by atoms with van der Waals surface area (Å²) in [4.78, 5) is 12.0. The lowest BCUT2D eigenvalue weighted by molar-refractivity contribution is -0.134. The summed E-state index contributed by atoms with van der Waals surface area (Å²) < 4.78 is 12.3. The fraction of sp³-hybridized carbons (Fsp3) is 0.158. The number of aryl methyl sites for hydroxylation is 1. The average molecular weight is 322 g/mol. The molecule has 0 spiro atoms. The minimum absolute atomic E-state index is 0.276. The standard InChI is InChI=1S/C19H18N2O3/c1-23-17-9-5-6-10-18(17)24-19(22)12-11-15-13-20-21(14-15)16-7-3-2-4-8-16/h2-10,13-14H,11-12H2,1H3. The highest BCUT2D eigenvalue weighted by molar-refractivity contribution is 5.73. The van der Waals surface area contributed by atoms with Crippen molar-refractivity contribution >= 4 is 5.97 Å². The molecule has 0 N–H and O–H groups in total. The van der Waals surface area contributed by atoms with E-state index in [0.717, 1.165) is 11.3 Å². The zero-order valence-electron chi connectivity index (χ0n) is 13.4. The summed E-state index contributed by atoms with van der Waals surface area (Å²) in [6, 6.07) is 16.9. The molecule has 1 heterocycles. The summed E-state index contributed by atoms with van der Waals surface area (Å²) in [6.07, 6.45) is 4.54. The SMILES string of the molecule is COc1ccccc1OC(=O)CCc1cnn(-c2ccccc2)c1. The Kier molecular flexibility index (Phi) is 4.91. The average Bonchev–Trinajstić information content (AvgIpc) is 3.10. The van der Waals surface area contributed by atoms with Crippen LogP contribution in [0.3, 0.4) is 0 Å². The van der Waals surface area contributed by atoms with Crippen molar-refractivity contribution in [3.8, 4) is 17.2 Å². The summed E-state index contributed by atoms with van der Waals surface area (Å²) in [5.41, 5.74) is 1.97. The van der Waals surface area contributed by atoms with Crippen LogP contribution < -0.4 is 9.47 Å². The first-order valence-electron chi connectivity index (χ1n) is 7.69. The number of esters is 1. The Morgan fingerprint density at radius 3 is 2.50 bits per heavy atom. The first-order valence-corrected chi connectivity index (χ1v) is 7.69. The van der Waals surface area contributed by atoms with E-state index in [9.17, 15) is 4.79 Å². The molecule has 0 saturated heterocycles. The number of aromatic nitrogens is 2. The van der Waals surface area contributed by atoms with Gasteiger partial charge in [-0.15, -0.1) is 0 Å². The maximum atomic E-state index is 12.0. The minimum Gasteiger partial charge on any atom is -0.493 e. The summed E-state index contributed by atoms with van der Waals surface area (Å²) in [5, 5.41) is 4.32. The molecule has 0 aliphatic heterocycles. The summed E-state index contributed by atoms with van der Waals surface area (Å²) in [6.45, 7) is 0. The fourth-order valence-corrected chi connectivity index (χ4v) is 2.33. The molecule has 24 heavy (non-hydrogen) atoms. The molecule has 0 unspecified atom stereocenters. The van der Waals surface area contributed by atoms with Gasteiger partial charge in [-0.05, 0) is 36.2 Å². The van der Waals surface area contributed by atoms with Gasteiger partial charge in [0.15, 0.2) is 11.5 Å². The van der Waals surface area contributed by atoms with Crippen LogP contribution in [0.15, 0.2) is 67.0 Å². The first kappa shape index (κ1) is 15.8. The lowest BCUT2D eigenvalue weighted by Crippen LogP contribution is -2.09. The molecule has 0 saturated carbocycles. The van der Waals surface area contributed by atoms with Crippen LogP contribution in [-0.4, -0.2) is 22.9 Å². The van der Waals surface area contributed by atoms with E-state index in [-0.39, 0.29) is 12.4 Å². The maximum Gasteiger partial charge on any atom is 0.311 e. The first-order chi connectivity index (χ1) is 11.8. The quantitative estimate of drug-likeness (QED) is 0.515. The maximum absolute atomic E-state index is 12.0. The second-order valence-electron chi connectivity index (χ2n) is 5.25. The van der Waals surface area contributed by atoms with Crippen LogP contribution in [0.2, 0.25) is 0 Å². The van der Waals surface area contributed by atoms with Gasteiger partial charge in [-0.1, -0.05) is 30.3 Å². The van der Waals surface area contributed by atoms with Gasteiger partial charge in [-0.2, -0.15) is 5.10 Å². The van der Waals surface area contributed by atoms with Gasteiger partial charge < -0.3 is 9.47 Å². The van der Waals surface area contributed by atoms with Gasteiger partial charge >= 0.3 is 5.97 Å². The molecule has 122 valence electrons. The van der Waals surface area contributed by atoms with Crippen molar-refractivity contribution in [1.82, 2.24) is 9.78 Å². The van der Waals surface area contributed by atoms with Crippen LogP contribution in [-0.2, 0) is 11.2 Å². The highest BCUT2D eigenvalue weighted by Crippen LogP contribution is 2.26. The number of rotatable bonds is 6. The number of carbonyl (C=O) groups excluding carboxylic acids is 1. The van der Waals surface area contributed by atoms with Crippen LogP contribution in [0.4, 0.5) is 0 Å². The van der Waals surface area contributed by atoms with Crippen molar-refractivity contribution < 1.29 is 14.3 Å². The number of carbonyl (C=O) groups is 1.